The van der Waals surface area contributed by atoms with E-state index < -0.39 is 22.5 Å². The van der Waals surface area contributed by atoms with Gasteiger partial charge in [0.05, 0.1) is 16.6 Å². The van der Waals surface area contributed by atoms with E-state index in [1.54, 1.807) is 30.0 Å². The summed E-state index contributed by atoms with van der Waals surface area (Å²) in [6.45, 7) is 0. The van der Waals surface area contributed by atoms with Crippen LogP contribution in [0.1, 0.15) is 5.56 Å². The van der Waals surface area contributed by atoms with Crippen LogP contribution in [0.3, 0.4) is 0 Å². The molecule has 0 amide bonds. The van der Waals surface area contributed by atoms with Gasteiger partial charge in [-0.2, -0.15) is 13.2 Å². The summed E-state index contributed by atoms with van der Waals surface area (Å²) in [6, 6.07) is 6.76. The van der Waals surface area contributed by atoms with E-state index in [4.69, 9.17) is 0 Å². The molecule has 23 heavy (non-hydrogen) atoms. The third kappa shape index (κ3) is 2.74. The van der Waals surface area contributed by atoms with Crippen molar-refractivity contribution in [3.05, 3.63) is 42.1 Å². The minimum atomic E-state index is -4.42. The second-order valence-corrected chi connectivity index (χ2v) is 6.54. The number of alkyl halides is 3. The molecule has 0 aliphatic carbocycles. The van der Waals surface area contributed by atoms with E-state index in [-0.39, 0.29) is 5.52 Å². The Morgan fingerprint density at radius 3 is 2.61 bits per heavy atom. The number of aromatic nitrogens is 3. The van der Waals surface area contributed by atoms with E-state index in [2.05, 4.69) is 9.97 Å². The zero-order valence-electron chi connectivity index (χ0n) is 12.3. The Bertz CT molecular complexity index is 918. The predicted molar refractivity (Wildman–Crippen MR) is 82.6 cm³/mol. The maximum Gasteiger partial charge on any atom is 0.416 e. The number of hydrogen-bond donors (Lipinski definition) is 0. The SMILES string of the molecule is Cn1c(-c2ncccc2[SH+](C)=O)nc2cc(C(F)(F)F)ccc21. The average molecular weight is 340 g/mol. The van der Waals surface area contributed by atoms with Crippen LogP contribution in [0, 0.1) is 0 Å². The number of pyridine rings is 1. The fourth-order valence-corrected chi connectivity index (χ4v) is 3.16. The summed E-state index contributed by atoms with van der Waals surface area (Å²) in [7, 11) is 0.0413. The van der Waals surface area contributed by atoms with Crippen molar-refractivity contribution in [2.75, 3.05) is 6.26 Å². The molecule has 4 nitrogen and oxygen atoms in total. The highest BCUT2D eigenvalue weighted by molar-refractivity contribution is 7.84. The molecule has 1 atom stereocenters. The minimum Gasteiger partial charge on any atom is -0.326 e. The fraction of sp³-hybridized carbons (Fsp3) is 0.200. The minimum absolute atomic E-state index is 0.222. The van der Waals surface area contributed by atoms with Crippen molar-refractivity contribution in [1.82, 2.24) is 14.5 Å². The van der Waals surface area contributed by atoms with E-state index in [0.29, 0.717) is 21.9 Å². The highest BCUT2D eigenvalue weighted by atomic mass is 32.2. The number of aryl methyl sites for hydroxylation is 1. The van der Waals surface area contributed by atoms with E-state index in [1.165, 1.54) is 12.3 Å². The first-order valence-corrected chi connectivity index (χ1v) is 8.39. The fourth-order valence-electron chi connectivity index (χ4n) is 2.41. The Labute approximate surface area is 132 Å². The Morgan fingerprint density at radius 2 is 1.96 bits per heavy atom. The molecule has 0 fully saturated rings. The summed E-state index contributed by atoms with van der Waals surface area (Å²) in [5.41, 5.74) is 0.442. The lowest BCUT2D eigenvalue weighted by molar-refractivity contribution is -0.137. The monoisotopic (exact) mass is 340 g/mol. The molecule has 8 heteroatoms. The zero-order chi connectivity index (χ0) is 16.8. The molecule has 3 aromatic rings. The molecule has 1 unspecified atom stereocenters. The van der Waals surface area contributed by atoms with Crippen molar-refractivity contribution in [3.63, 3.8) is 0 Å². The molecular weight excluding hydrogens is 327 g/mol. The Hall–Kier alpha value is -2.22. The summed E-state index contributed by atoms with van der Waals surface area (Å²) in [5, 5.41) is 0. The smallest absolute Gasteiger partial charge is 0.326 e. The summed E-state index contributed by atoms with van der Waals surface area (Å²) in [6.07, 6.45) is -1.33. The molecule has 0 N–H and O–H groups in total. The summed E-state index contributed by atoms with van der Waals surface area (Å²) >= 11 is 0. The number of nitrogens with zero attached hydrogens (tertiary/aromatic N) is 3. The van der Waals surface area contributed by atoms with Gasteiger partial charge in [-0.3, -0.25) is 0 Å². The average Bonchev–Trinajstić information content (AvgIpc) is 2.83. The number of halogens is 3. The standard InChI is InChI=1S/C15H12F3N3OS/c1-21-11-6-5-9(15(16,17)18)8-10(11)20-14(21)13-12(23(2)22)4-3-7-19-13/h3-8H,1-2H3/p+1. The van der Waals surface area contributed by atoms with Gasteiger partial charge < -0.3 is 4.57 Å². The van der Waals surface area contributed by atoms with Crippen molar-refractivity contribution < 1.29 is 17.4 Å². The molecule has 0 bridgehead atoms. The molecule has 0 aliphatic rings. The molecule has 0 spiro atoms. The molecule has 120 valence electrons. The van der Waals surface area contributed by atoms with Crippen LogP contribution in [0.5, 0.6) is 0 Å². The third-order valence-electron chi connectivity index (χ3n) is 3.55. The van der Waals surface area contributed by atoms with Gasteiger partial charge in [-0.05, 0) is 30.3 Å². The maximum atomic E-state index is 12.8. The first-order valence-electron chi connectivity index (χ1n) is 6.69. The molecule has 2 aromatic heterocycles. The van der Waals surface area contributed by atoms with Crippen molar-refractivity contribution in [2.45, 2.75) is 11.1 Å². The Morgan fingerprint density at radius 1 is 1.22 bits per heavy atom. The highest BCUT2D eigenvalue weighted by Crippen LogP contribution is 2.33. The molecule has 3 rings (SSSR count). The van der Waals surface area contributed by atoms with Gasteiger partial charge in [0.1, 0.15) is 17.1 Å². The molecule has 0 saturated carbocycles. The summed E-state index contributed by atoms with van der Waals surface area (Å²) < 4.78 is 52.0. The van der Waals surface area contributed by atoms with Crippen LogP contribution in [-0.2, 0) is 28.2 Å². The van der Waals surface area contributed by atoms with E-state index >= 15 is 0 Å². The van der Waals surface area contributed by atoms with Gasteiger partial charge >= 0.3 is 6.18 Å². The van der Waals surface area contributed by atoms with E-state index in [9.17, 15) is 17.4 Å². The topological polar surface area (TPSA) is 47.8 Å². The van der Waals surface area contributed by atoms with Crippen LogP contribution in [-0.4, -0.2) is 20.8 Å². The number of fused-ring (bicyclic) bond motifs is 1. The van der Waals surface area contributed by atoms with E-state index in [1.807, 2.05) is 0 Å². The molecular formula is C15H13F3N3OS+. The normalized spacial score (nSPS) is 13.4. The Kier molecular flexibility index (Phi) is 3.71. The van der Waals surface area contributed by atoms with Gasteiger partial charge in [0.15, 0.2) is 16.4 Å². The summed E-state index contributed by atoms with van der Waals surface area (Å²) in [4.78, 5) is 9.00. The van der Waals surface area contributed by atoms with Gasteiger partial charge in [-0.1, -0.05) is 0 Å². The second kappa shape index (κ2) is 5.45. The molecule has 1 aromatic carbocycles. The zero-order valence-corrected chi connectivity index (χ0v) is 13.2. The predicted octanol–water partition coefficient (Wildman–Crippen LogP) is 3.34. The molecule has 2 heterocycles. The number of benzene rings is 1. The van der Waals surface area contributed by atoms with Gasteiger partial charge in [0, 0.05) is 13.2 Å². The van der Waals surface area contributed by atoms with Crippen molar-refractivity contribution in [1.29, 1.82) is 0 Å². The quantitative estimate of drug-likeness (QED) is 0.531. The number of thiol groups is 1. The van der Waals surface area contributed by atoms with Crippen LogP contribution >= 0.6 is 0 Å². The summed E-state index contributed by atoms with van der Waals surface area (Å²) in [5.74, 6) is 0.389. The lowest BCUT2D eigenvalue weighted by Gasteiger charge is -2.06. The van der Waals surface area contributed by atoms with Gasteiger partial charge in [0.2, 0.25) is 0 Å². The lowest BCUT2D eigenvalue weighted by atomic mass is 10.2. The number of hydrogen-bond acceptors (Lipinski definition) is 3. The van der Waals surface area contributed by atoms with Crippen molar-refractivity contribution in [3.8, 4) is 11.5 Å². The van der Waals surface area contributed by atoms with Crippen molar-refractivity contribution >= 4 is 21.8 Å². The maximum absolute atomic E-state index is 12.8. The Balaban J connectivity index is 2.24. The second-order valence-electron chi connectivity index (χ2n) is 5.06. The molecule has 0 radical (unpaired) electrons. The van der Waals surface area contributed by atoms with Gasteiger partial charge in [-0.25, -0.2) is 9.97 Å². The largest absolute Gasteiger partial charge is 0.416 e. The van der Waals surface area contributed by atoms with Gasteiger partial charge in [-0.15, -0.1) is 4.21 Å². The van der Waals surface area contributed by atoms with Crippen LogP contribution in [0.15, 0.2) is 41.4 Å². The van der Waals surface area contributed by atoms with Gasteiger partial charge in [0.25, 0.3) is 0 Å². The lowest BCUT2D eigenvalue weighted by Crippen LogP contribution is -2.04. The van der Waals surface area contributed by atoms with Crippen molar-refractivity contribution in [2.24, 2.45) is 7.05 Å². The van der Waals surface area contributed by atoms with Crippen LogP contribution in [0.2, 0.25) is 0 Å². The van der Waals surface area contributed by atoms with Crippen LogP contribution < -0.4 is 0 Å². The number of imidazole rings is 1. The van der Waals surface area contributed by atoms with Crippen LogP contribution in [0.4, 0.5) is 13.2 Å². The molecule has 0 aliphatic heterocycles. The van der Waals surface area contributed by atoms with Crippen LogP contribution in [0.25, 0.3) is 22.6 Å². The highest BCUT2D eigenvalue weighted by Gasteiger charge is 2.31. The number of rotatable bonds is 2. The molecule has 0 saturated heterocycles. The first kappa shape index (κ1) is 15.7. The third-order valence-corrected chi connectivity index (χ3v) is 4.58. The first-order chi connectivity index (χ1) is 10.8. The van der Waals surface area contributed by atoms with E-state index in [0.717, 1.165) is 12.1 Å².